The minimum Gasteiger partial charge on any atom is -0.506 e. The predicted molar refractivity (Wildman–Crippen MR) is 200 cm³/mol. The van der Waals surface area contributed by atoms with Crippen LogP contribution < -0.4 is 14.2 Å². The van der Waals surface area contributed by atoms with E-state index in [2.05, 4.69) is 19.9 Å². The number of benzene rings is 4. The van der Waals surface area contributed by atoms with Crippen LogP contribution in [0.4, 0.5) is 4.39 Å². The lowest BCUT2D eigenvalue weighted by molar-refractivity contribution is -0.145. The maximum atomic E-state index is 14.0. The highest BCUT2D eigenvalue weighted by Crippen LogP contribution is 2.49. The van der Waals surface area contributed by atoms with Crippen molar-refractivity contribution in [2.75, 3.05) is 7.11 Å². The molecule has 0 fully saturated rings. The van der Waals surface area contributed by atoms with Crippen LogP contribution in [-0.2, 0) is 17.8 Å². The van der Waals surface area contributed by atoms with Gasteiger partial charge in [0, 0.05) is 23.1 Å². The van der Waals surface area contributed by atoms with Crippen LogP contribution in [0.1, 0.15) is 16.8 Å². The fraction of sp³-hybridized carbons (Fsp3) is 0.125. The maximum Gasteiger partial charge on any atom is 0.345 e. The van der Waals surface area contributed by atoms with Crippen LogP contribution in [0.5, 0.6) is 23.1 Å². The number of fused-ring (bicyclic) bond motifs is 1. The molecule has 0 aliphatic heterocycles. The Morgan fingerprint density at radius 2 is 1.68 bits per heavy atom. The van der Waals surface area contributed by atoms with Gasteiger partial charge in [0.15, 0.2) is 5.82 Å². The van der Waals surface area contributed by atoms with Crippen LogP contribution in [0.2, 0.25) is 5.02 Å². The van der Waals surface area contributed by atoms with Gasteiger partial charge in [-0.05, 0) is 71.6 Å². The third-order valence-corrected chi connectivity index (χ3v) is 10.2. The van der Waals surface area contributed by atoms with Crippen molar-refractivity contribution in [3.05, 3.63) is 131 Å². The van der Waals surface area contributed by atoms with Crippen LogP contribution in [0.3, 0.4) is 0 Å². The number of aliphatic carboxylic acids is 1. The Labute approximate surface area is 312 Å². The normalized spacial score (nSPS) is 11.7. The molecule has 3 aromatic heterocycles. The van der Waals surface area contributed by atoms with E-state index >= 15 is 0 Å². The van der Waals surface area contributed by atoms with Crippen LogP contribution in [-0.4, -0.2) is 49.3 Å². The standard InChI is InChI=1S/C40H30ClFN4O6S/c1-22-27(15-16-29(47)35(22)41)33-34-38(44-21-45-39(34)53-36(33)23-11-13-25(42)14-12-23)52-32(40(48)49)19-24-7-3-5-9-30(24)51-20-26-17-18-43-37(46-26)28-8-4-6-10-31(28)50-2/h3-18,21,32,47H,19-20H2,1-2H3,(H,48,49)/t32-/m1/s1. The molecule has 0 aliphatic rings. The highest BCUT2D eigenvalue weighted by Gasteiger charge is 2.28. The fourth-order valence-electron chi connectivity index (χ4n) is 5.91. The summed E-state index contributed by atoms with van der Waals surface area (Å²) in [6, 6.07) is 25.5. The van der Waals surface area contributed by atoms with E-state index in [9.17, 15) is 19.4 Å². The number of hydrogen-bond donors (Lipinski definition) is 2. The Morgan fingerprint density at radius 1 is 0.925 bits per heavy atom. The molecule has 2 N–H and O–H groups in total. The molecule has 53 heavy (non-hydrogen) atoms. The first kappa shape index (κ1) is 35.3. The number of phenolic OH excluding ortho intramolecular Hbond substituents is 1. The number of thiophene rings is 1. The van der Waals surface area contributed by atoms with Gasteiger partial charge in [-0.1, -0.05) is 60.1 Å². The van der Waals surface area contributed by atoms with Crippen LogP contribution in [0, 0.1) is 12.7 Å². The first-order chi connectivity index (χ1) is 25.7. The van der Waals surface area contributed by atoms with E-state index in [0.29, 0.717) is 65.9 Å². The summed E-state index contributed by atoms with van der Waals surface area (Å²) in [5.74, 6) is -0.0968. The topological polar surface area (TPSA) is 137 Å². The number of aromatic hydroxyl groups is 1. The number of carbonyl (C=O) groups is 1. The number of nitrogens with zero attached hydrogens (tertiary/aromatic N) is 4. The number of ether oxygens (including phenoxy) is 3. The van der Waals surface area contributed by atoms with Gasteiger partial charge in [0.05, 0.1) is 28.8 Å². The highest BCUT2D eigenvalue weighted by molar-refractivity contribution is 7.22. The number of rotatable bonds is 12. The van der Waals surface area contributed by atoms with Crippen LogP contribution >= 0.6 is 22.9 Å². The van der Waals surface area contributed by atoms with Crippen molar-refractivity contribution < 1.29 is 33.6 Å². The van der Waals surface area contributed by atoms with Gasteiger partial charge in [0.1, 0.15) is 40.8 Å². The van der Waals surface area contributed by atoms with E-state index in [4.69, 9.17) is 25.8 Å². The molecule has 10 nitrogen and oxygen atoms in total. The number of para-hydroxylation sites is 2. The molecule has 0 bridgehead atoms. The van der Waals surface area contributed by atoms with E-state index in [0.717, 1.165) is 5.56 Å². The molecular weight excluding hydrogens is 719 g/mol. The number of carboxylic acids is 1. The van der Waals surface area contributed by atoms with E-state index < -0.39 is 17.9 Å². The second-order valence-electron chi connectivity index (χ2n) is 11.9. The first-order valence-corrected chi connectivity index (χ1v) is 17.5. The van der Waals surface area contributed by atoms with Gasteiger partial charge in [0.25, 0.3) is 0 Å². The minimum absolute atomic E-state index is 0.0360. The smallest absolute Gasteiger partial charge is 0.345 e. The Morgan fingerprint density at radius 3 is 2.45 bits per heavy atom. The van der Waals surface area contributed by atoms with Gasteiger partial charge in [-0.15, -0.1) is 11.3 Å². The third kappa shape index (κ3) is 7.32. The third-order valence-electron chi connectivity index (χ3n) is 8.54. The minimum atomic E-state index is -1.39. The summed E-state index contributed by atoms with van der Waals surface area (Å²) in [6.07, 6.45) is 1.49. The molecule has 0 spiro atoms. The molecule has 0 amide bonds. The zero-order valence-corrected chi connectivity index (χ0v) is 29.9. The molecule has 0 saturated carbocycles. The van der Waals surface area contributed by atoms with E-state index in [1.807, 2.05) is 24.3 Å². The Balaban J connectivity index is 1.21. The van der Waals surface area contributed by atoms with Crippen LogP contribution in [0.25, 0.3) is 43.2 Å². The summed E-state index contributed by atoms with van der Waals surface area (Å²) < 4.78 is 31.9. The van der Waals surface area contributed by atoms with Crippen molar-refractivity contribution in [3.8, 4) is 56.1 Å². The molecule has 0 radical (unpaired) electrons. The largest absolute Gasteiger partial charge is 0.506 e. The van der Waals surface area contributed by atoms with Gasteiger partial charge in [-0.25, -0.2) is 29.1 Å². The molecule has 0 saturated heterocycles. The number of phenols is 1. The fourth-order valence-corrected chi connectivity index (χ4v) is 7.23. The van der Waals surface area contributed by atoms with Crippen molar-refractivity contribution in [2.45, 2.75) is 26.1 Å². The number of hydrogen-bond acceptors (Lipinski definition) is 10. The second-order valence-corrected chi connectivity index (χ2v) is 13.2. The van der Waals surface area contributed by atoms with Gasteiger partial charge < -0.3 is 24.4 Å². The highest BCUT2D eigenvalue weighted by atomic mass is 35.5. The molecule has 0 unspecified atom stereocenters. The lowest BCUT2D eigenvalue weighted by Crippen LogP contribution is -2.30. The van der Waals surface area contributed by atoms with Crippen molar-refractivity contribution in [1.82, 2.24) is 19.9 Å². The molecule has 7 aromatic rings. The molecule has 266 valence electrons. The zero-order valence-electron chi connectivity index (χ0n) is 28.3. The van der Waals surface area contributed by atoms with E-state index in [1.54, 1.807) is 68.8 Å². The summed E-state index contributed by atoms with van der Waals surface area (Å²) in [7, 11) is 1.58. The number of aromatic nitrogens is 4. The van der Waals surface area contributed by atoms with Gasteiger partial charge in [-0.2, -0.15) is 0 Å². The Kier molecular flexibility index (Phi) is 10.2. The summed E-state index contributed by atoms with van der Waals surface area (Å²) in [6.45, 7) is 1.85. The van der Waals surface area contributed by atoms with E-state index in [1.165, 1.54) is 35.9 Å². The van der Waals surface area contributed by atoms with Gasteiger partial charge >= 0.3 is 5.97 Å². The number of halogens is 2. The maximum absolute atomic E-state index is 14.0. The zero-order chi connectivity index (χ0) is 37.1. The van der Waals surface area contributed by atoms with Gasteiger partial charge in [-0.3, -0.25) is 0 Å². The summed E-state index contributed by atoms with van der Waals surface area (Å²) in [5.41, 5.74) is 4.45. The average molecular weight is 749 g/mol. The monoisotopic (exact) mass is 748 g/mol. The van der Waals surface area contributed by atoms with Crippen LogP contribution in [0.15, 0.2) is 104 Å². The van der Waals surface area contributed by atoms with Crippen molar-refractivity contribution in [3.63, 3.8) is 0 Å². The number of carboxylic acid groups (broad SMARTS) is 1. The lowest BCUT2D eigenvalue weighted by atomic mass is 9.96. The van der Waals surface area contributed by atoms with Gasteiger partial charge in [0.2, 0.25) is 12.0 Å². The molecule has 3 heterocycles. The van der Waals surface area contributed by atoms with Crippen molar-refractivity contribution >= 4 is 39.1 Å². The molecule has 0 aliphatic carbocycles. The van der Waals surface area contributed by atoms with E-state index in [-0.39, 0.29) is 29.7 Å². The summed E-state index contributed by atoms with van der Waals surface area (Å²) in [4.78, 5) is 32.0. The molecular formula is C40H30ClFN4O6S. The Bertz CT molecular complexity index is 2460. The van der Waals surface area contributed by atoms with Crippen molar-refractivity contribution in [1.29, 1.82) is 0 Å². The predicted octanol–water partition coefficient (Wildman–Crippen LogP) is 8.95. The number of methoxy groups -OCH3 is 1. The molecule has 7 rings (SSSR count). The SMILES string of the molecule is COc1ccccc1-c1nccc(COc2ccccc2C[C@@H](Oc2ncnc3sc(-c4ccc(F)cc4)c(-c4ccc(O)c(Cl)c4C)c23)C(=O)O)n1. The average Bonchev–Trinajstić information content (AvgIpc) is 3.57. The quantitative estimate of drug-likeness (QED) is 0.125. The summed E-state index contributed by atoms with van der Waals surface area (Å²) >= 11 is 7.81. The van der Waals surface area contributed by atoms with Crippen molar-refractivity contribution in [2.24, 2.45) is 0 Å². The second kappa shape index (κ2) is 15.2. The summed E-state index contributed by atoms with van der Waals surface area (Å²) in [5, 5.41) is 21.4. The molecule has 4 aromatic carbocycles. The Hall–Kier alpha value is -6.11. The first-order valence-electron chi connectivity index (χ1n) is 16.3. The molecule has 13 heteroatoms. The molecule has 1 atom stereocenters. The lowest BCUT2D eigenvalue weighted by Gasteiger charge is -2.18.